The Morgan fingerprint density at radius 2 is 1.88 bits per heavy atom. The van der Waals surface area contributed by atoms with Gasteiger partial charge in [-0.1, -0.05) is 54.1 Å². The van der Waals surface area contributed by atoms with Crippen LogP contribution in [0.25, 0.3) is 5.57 Å². The molecule has 0 saturated carbocycles. The summed E-state index contributed by atoms with van der Waals surface area (Å²) in [5.41, 5.74) is 2.99. The summed E-state index contributed by atoms with van der Waals surface area (Å²) in [6, 6.07) is 22.3. The monoisotopic (exact) mass is 340 g/mol. The second kappa shape index (κ2) is 7.30. The highest BCUT2D eigenvalue weighted by atomic mass is 16.5. The van der Waals surface area contributed by atoms with Crippen LogP contribution in [0.2, 0.25) is 0 Å². The molecule has 0 spiro atoms. The lowest BCUT2D eigenvalue weighted by atomic mass is 9.72. The van der Waals surface area contributed by atoms with Crippen molar-refractivity contribution in [2.45, 2.75) is 18.8 Å². The fraction of sp³-hybridized carbons (Fsp3) is 0.217. The van der Waals surface area contributed by atoms with Crippen LogP contribution in [0.4, 0.5) is 0 Å². The third-order valence-corrected chi connectivity index (χ3v) is 4.96. The molecule has 1 atom stereocenters. The Morgan fingerprint density at radius 1 is 1.15 bits per heavy atom. The third kappa shape index (κ3) is 2.89. The average molecular weight is 340 g/mol. The lowest BCUT2D eigenvalue weighted by Crippen LogP contribution is -2.22. The maximum atomic E-state index is 9.97. The van der Waals surface area contributed by atoms with Crippen LogP contribution in [0.1, 0.15) is 29.9 Å². The van der Waals surface area contributed by atoms with Gasteiger partial charge in [-0.05, 0) is 35.3 Å². The summed E-state index contributed by atoms with van der Waals surface area (Å²) in [6.07, 6.45) is 2.93. The lowest BCUT2D eigenvalue weighted by Gasteiger charge is -2.25. The first-order valence-electron chi connectivity index (χ1n) is 8.53. The van der Waals surface area contributed by atoms with Crippen LogP contribution < -0.4 is 4.74 Å². The van der Waals surface area contributed by atoms with Gasteiger partial charge in [-0.15, -0.1) is 6.58 Å². The van der Waals surface area contributed by atoms with Crippen LogP contribution in [0.15, 0.2) is 72.8 Å². The minimum Gasteiger partial charge on any atom is -0.497 e. The van der Waals surface area contributed by atoms with Gasteiger partial charge in [0.25, 0.3) is 0 Å². The van der Waals surface area contributed by atoms with E-state index in [0.29, 0.717) is 12.8 Å². The summed E-state index contributed by atoms with van der Waals surface area (Å²) in [6.45, 7) is 3.86. The van der Waals surface area contributed by atoms with Crippen molar-refractivity contribution < 1.29 is 4.74 Å². The Kier molecular flexibility index (Phi) is 4.92. The Morgan fingerprint density at radius 3 is 2.50 bits per heavy atom. The molecular formula is C23H20N2O. The zero-order valence-electron chi connectivity index (χ0n) is 14.8. The zero-order chi connectivity index (χ0) is 18.6. The number of methoxy groups -OCH3 is 1. The first-order chi connectivity index (χ1) is 12.7. The summed E-state index contributed by atoms with van der Waals surface area (Å²) in [5, 5.41) is 19.9. The molecule has 128 valence electrons. The summed E-state index contributed by atoms with van der Waals surface area (Å²) in [4.78, 5) is 0. The molecule has 0 bridgehead atoms. The van der Waals surface area contributed by atoms with Crippen molar-refractivity contribution in [1.29, 1.82) is 10.5 Å². The van der Waals surface area contributed by atoms with Gasteiger partial charge in [0.05, 0.1) is 19.2 Å². The molecule has 3 rings (SSSR count). The predicted octanol–water partition coefficient (Wildman–Crippen LogP) is 5.25. The number of nitriles is 2. The maximum absolute atomic E-state index is 9.97. The summed E-state index contributed by atoms with van der Waals surface area (Å²) >= 11 is 0. The van der Waals surface area contributed by atoms with Gasteiger partial charge in [-0.3, -0.25) is 0 Å². The first kappa shape index (κ1) is 17.5. The van der Waals surface area contributed by atoms with Gasteiger partial charge in [-0.25, -0.2) is 0 Å². The van der Waals surface area contributed by atoms with E-state index in [2.05, 4.69) is 18.7 Å². The van der Waals surface area contributed by atoms with Crippen LogP contribution in [0, 0.1) is 28.1 Å². The van der Waals surface area contributed by atoms with Crippen LogP contribution in [0.3, 0.4) is 0 Å². The topological polar surface area (TPSA) is 56.8 Å². The van der Waals surface area contributed by atoms with E-state index in [4.69, 9.17) is 4.74 Å². The van der Waals surface area contributed by atoms with Crippen molar-refractivity contribution in [3.05, 3.63) is 84.0 Å². The average Bonchev–Trinajstić information content (AvgIpc) is 3.03. The van der Waals surface area contributed by atoms with Crippen molar-refractivity contribution in [1.82, 2.24) is 0 Å². The van der Waals surface area contributed by atoms with Crippen LogP contribution in [-0.4, -0.2) is 7.11 Å². The van der Waals surface area contributed by atoms with Crippen molar-refractivity contribution in [2.75, 3.05) is 7.11 Å². The van der Waals surface area contributed by atoms with E-state index in [9.17, 15) is 10.5 Å². The Bertz CT molecular complexity index is 915. The molecule has 0 aromatic heterocycles. The van der Waals surface area contributed by atoms with E-state index < -0.39 is 5.41 Å². The molecule has 0 aliphatic heterocycles. The molecule has 0 radical (unpaired) electrons. The fourth-order valence-electron chi connectivity index (χ4n) is 3.83. The van der Waals surface area contributed by atoms with E-state index >= 15 is 0 Å². The van der Waals surface area contributed by atoms with Crippen molar-refractivity contribution >= 4 is 5.57 Å². The molecule has 3 heteroatoms. The fourth-order valence-corrected chi connectivity index (χ4v) is 3.83. The number of hydrogen-bond donors (Lipinski definition) is 0. The van der Waals surface area contributed by atoms with Gasteiger partial charge in [0.2, 0.25) is 0 Å². The van der Waals surface area contributed by atoms with E-state index in [-0.39, 0.29) is 5.92 Å². The highest BCUT2D eigenvalue weighted by Gasteiger charge is 2.49. The zero-order valence-corrected chi connectivity index (χ0v) is 14.8. The molecule has 26 heavy (non-hydrogen) atoms. The molecule has 1 aliphatic carbocycles. The lowest BCUT2D eigenvalue weighted by molar-refractivity contribution is 0.413. The van der Waals surface area contributed by atoms with Crippen LogP contribution in [0.5, 0.6) is 5.75 Å². The van der Waals surface area contributed by atoms with Crippen molar-refractivity contribution in [3.8, 4) is 17.9 Å². The number of ether oxygens (including phenoxy) is 1. The van der Waals surface area contributed by atoms with E-state index in [1.54, 1.807) is 7.11 Å². The Hall–Kier alpha value is -3.30. The quantitative estimate of drug-likeness (QED) is 0.699. The Balaban J connectivity index is 2.27. The summed E-state index contributed by atoms with van der Waals surface area (Å²) in [7, 11) is 1.62. The molecule has 1 unspecified atom stereocenters. The normalized spacial score (nSPS) is 18.0. The molecule has 2 aromatic carbocycles. The highest BCUT2D eigenvalue weighted by molar-refractivity contribution is 5.80. The number of nitrogens with zero attached hydrogens (tertiary/aromatic N) is 2. The number of hydrogen-bond acceptors (Lipinski definition) is 3. The molecule has 3 nitrogen and oxygen atoms in total. The smallest absolute Gasteiger partial charge is 0.158 e. The molecule has 0 heterocycles. The molecule has 2 aromatic rings. The molecular weight excluding hydrogens is 320 g/mol. The standard InChI is InChI=1S/C23H20N2O/c1-3-8-19-14-23(15-24,16-25)22(18-11-7-12-20(13-18)26-2)21(19)17-9-5-4-6-10-17/h3-7,9-13,22H,1,8,14H2,2H3. The van der Waals surface area contributed by atoms with E-state index in [0.717, 1.165) is 28.0 Å². The van der Waals surface area contributed by atoms with Gasteiger partial charge in [0, 0.05) is 12.3 Å². The van der Waals surface area contributed by atoms with Crippen molar-refractivity contribution in [3.63, 3.8) is 0 Å². The second-order valence-electron chi connectivity index (χ2n) is 6.46. The molecule has 0 amide bonds. The molecule has 0 fully saturated rings. The third-order valence-electron chi connectivity index (χ3n) is 4.96. The molecule has 1 aliphatic rings. The molecule has 0 N–H and O–H groups in total. The first-order valence-corrected chi connectivity index (χ1v) is 8.53. The maximum Gasteiger partial charge on any atom is 0.158 e. The van der Waals surface area contributed by atoms with Gasteiger partial charge in [0.1, 0.15) is 5.75 Å². The van der Waals surface area contributed by atoms with Crippen LogP contribution in [-0.2, 0) is 0 Å². The SMILES string of the molecule is C=CCC1=C(c2ccccc2)C(c2cccc(OC)c2)C(C#N)(C#N)C1. The van der Waals surface area contributed by atoms with Gasteiger partial charge in [0.15, 0.2) is 5.41 Å². The predicted molar refractivity (Wildman–Crippen MR) is 102 cm³/mol. The van der Waals surface area contributed by atoms with Gasteiger partial charge < -0.3 is 4.74 Å². The van der Waals surface area contributed by atoms with Crippen molar-refractivity contribution in [2.24, 2.45) is 5.41 Å². The van der Waals surface area contributed by atoms with E-state index in [1.807, 2.05) is 60.7 Å². The number of rotatable bonds is 5. The van der Waals surface area contributed by atoms with Crippen LogP contribution >= 0.6 is 0 Å². The minimum atomic E-state index is -1.13. The largest absolute Gasteiger partial charge is 0.497 e. The Labute approximate surface area is 154 Å². The number of benzene rings is 2. The highest BCUT2D eigenvalue weighted by Crippen LogP contribution is 2.56. The number of allylic oxidation sites excluding steroid dienone is 3. The summed E-state index contributed by atoms with van der Waals surface area (Å²) < 4.78 is 5.37. The van der Waals surface area contributed by atoms with Gasteiger partial charge >= 0.3 is 0 Å². The second-order valence-corrected chi connectivity index (χ2v) is 6.46. The summed E-state index contributed by atoms with van der Waals surface area (Å²) in [5.74, 6) is 0.391. The van der Waals surface area contributed by atoms with E-state index in [1.165, 1.54) is 0 Å². The van der Waals surface area contributed by atoms with Gasteiger partial charge in [-0.2, -0.15) is 10.5 Å². The minimum absolute atomic E-state index is 0.329. The molecule has 0 saturated heterocycles.